The minimum Gasteiger partial charge on any atom is -0.309 e. The molecule has 0 aliphatic carbocycles. The zero-order chi connectivity index (χ0) is 64.3. The Labute approximate surface area is 548 Å². The highest BCUT2D eigenvalue weighted by Gasteiger charge is 2.33. The molecule has 5 aromatic heterocycles. The Balaban J connectivity index is 0.903. The molecule has 0 aliphatic heterocycles. The van der Waals surface area contributed by atoms with Crippen molar-refractivity contribution in [3.63, 3.8) is 0 Å². The molecule has 10 nitrogen and oxygen atoms in total. The SMILES string of the molecule is FC(F)(F)c1ccc(-n2c3ccccc3c3cc(-c4nc(-c5ccccc5)nc(-c5ccccc5)n4)ccc32)c(-c2cc(-n3c4ccccc4c4cc(-c5nc(-c6ccccc6)nc(-c6ccccc6)n5)ccc43)ccc2-c2cc(-c3ccccc3)nc(-c3ccccc3)n2)c1. The fourth-order valence-electron chi connectivity index (χ4n) is 12.9. The molecule has 0 atom stereocenters. The van der Waals surface area contributed by atoms with E-state index in [0.29, 0.717) is 80.2 Å². The Morgan fingerprint density at radius 3 is 1.04 bits per heavy atom. The third-order valence-corrected chi connectivity index (χ3v) is 17.5. The van der Waals surface area contributed by atoms with E-state index in [0.717, 1.165) is 88.1 Å². The molecule has 17 aromatic rings. The normalized spacial score (nSPS) is 11.7. The summed E-state index contributed by atoms with van der Waals surface area (Å²) in [7, 11) is 0. The largest absolute Gasteiger partial charge is 0.416 e. The molecule has 0 fully saturated rings. The molecule has 17 rings (SSSR count). The van der Waals surface area contributed by atoms with Crippen LogP contribution in [0.1, 0.15) is 5.56 Å². The van der Waals surface area contributed by atoms with Gasteiger partial charge in [0, 0.05) is 82.9 Å². The fraction of sp³-hybridized carbons (Fsp3) is 0.0120. The number of fused-ring (bicyclic) bond motifs is 6. The van der Waals surface area contributed by atoms with Crippen molar-refractivity contribution >= 4 is 43.6 Å². The van der Waals surface area contributed by atoms with E-state index in [1.165, 1.54) is 12.1 Å². The Bertz CT molecular complexity index is 5630. The van der Waals surface area contributed by atoms with Crippen molar-refractivity contribution in [2.75, 3.05) is 0 Å². The van der Waals surface area contributed by atoms with Gasteiger partial charge in [-0.25, -0.2) is 39.9 Å². The predicted octanol–water partition coefficient (Wildman–Crippen LogP) is 20.7. The molecule has 0 saturated carbocycles. The topological polar surface area (TPSA) is 113 Å². The van der Waals surface area contributed by atoms with Crippen LogP contribution in [0.3, 0.4) is 0 Å². The van der Waals surface area contributed by atoms with Crippen LogP contribution >= 0.6 is 0 Å². The number of rotatable bonds is 12. The van der Waals surface area contributed by atoms with Crippen molar-refractivity contribution in [1.29, 1.82) is 0 Å². The van der Waals surface area contributed by atoms with Gasteiger partial charge in [-0.05, 0) is 90.5 Å². The monoisotopic (exact) mass is 1240 g/mol. The van der Waals surface area contributed by atoms with E-state index >= 15 is 13.2 Å². The van der Waals surface area contributed by atoms with Gasteiger partial charge in [-0.2, -0.15) is 13.2 Å². The molecule has 0 radical (unpaired) electrons. The average Bonchev–Trinajstić information content (AvgIpc) is 1.55. The van der Waals surface area contributed by atoms with E-state index in [1.807, 2.05) is 261 Å². The highest BCUT2D eigenvalue weighted by atomic mass is 19.4. The van der Waals surface area contributed by atoms with Gasteiger partial charge < -0.3 is 9.13 Å². The first-order valence-electron chi connectivity index (χ1n) is 31.4. The minimum atomic E-state index is -4.73. The van der Waals surface area contributed by atoms with Crippen LogP contribution in [-0.2, 0) is 6.18 Å². The third kappa shape index (κ3) is 10.5. The van der Waals surface area contributed by atoms with Crippen molar-refractivity contribution in [2.24, 2.45) is 0 Å². The molecule has 0 amide bonds. The maximum absolute atomic E-state index is 15.8. The number of nitrogens with zero attached hydrogens (tertiary/aromatic N) is 10. The summed E-state index contributed by atoms with van der Waals surface area (Å²) >= 11 is 0. The van der Waals surface area contributed by atoms with Gasteiger partial charge >= 0.3 is 6.18 Å². The lowest BCUT2D eigenvalue weighted by molar-refractivity contribution is -0.137. The summed E-state index contributed by atoms with van der Waals surface area (Å²) in [5, 5.41) is 3.59. The van der Waals surface area contributed by atoms with E-state index in [-0.39, 0.29) is 0 Å². The van der Waals surface area contributed by atoms with Crippen LogP contribution in [0.15, 0.2) is 309 Å². The van der Waals surface area contributed by atoms with Crippen LogP contribution in [0.4, 0.5) is 13.2 Å². The summed E-state index contributed by atoms with van der Waals surface area (Å²) in [6, 6.07) is 99.4. The van der Waals surface area contributed by atoms with E-state index < -0.39 is 11.7 Å². The maximum atomic E-state index is 15.8. The van der Waals surface area contributed by atoms with Crippen LogP contribution in [0.5, 0.6) is 0 Å². The maximum Gasteiger partial charge on any atom is 0.416 e. The molecule has 0 aliphatic rings. The first kappa shape index (κ1) is 57.1. The molecular weight excluding hydrogens is 1190 g/mol. The van der Waals surface area contributed by atoms with E-state index in [1.54, 1.807) is 6.07 Å². The van der Waals surface area contributed by atoms with E-state index in [2.05, 4.69) is 39.5 Å². The molecule has 0 N–H and O–H groups in total. The van der Waals surface area contributed by atoms with E-state index in [4.69, 9.17) is 39.9 Å². The average molecular weight is 1250 g/mol. The lowest BCUT2D eigenvalue weighted by atomic mass is 9.93. The molecule has 12 aromatic carbocycles. The van der Waals surface area contributed by atoms with Crippen molar-refractivity contribution in [3.8, 4) is 125 Å². The van der Waals surface area contributed by atoms with Crippen molar-refractivity contribution in [3.05, 3.63) is 315 Å². The van der Waals surface area contributed by atoms with Crippen molar-refractivity contribution < 1.29 is 13.2 Å². The Kier molecular flexibility index (Phi) is 14.1. The molecule has 454 valence electrons. The van der Waals surface area contributed by atoms with Gasteiger partial charge in [0.15, 0.2) is 40.8 Å². The third-order valence-electron chi connectivity index (χ3n) is 17.5. The Hall–Kier alpha value is -12.9. The summed E-state index contributed by atoms with van der Waals surface area (Å²) in [6.07, 6.45) is -4.73. The second kappa shape index (κ2) is 23.7. The number of alkyl halides is 3. The molecule has 0 saturated heterocycles. The molecule has 13 heteroatoms. The van der Waals surface area contributed by atoms with Gasteiger partial charge in [0.05, 0.1) is 44.7 Å². The number of benzene rings is 12. The zero-order valence-corrected chi connectivity index (χ0v) is 51.1. The molecule has 0 spiro atoms. The zero-order valence-electron chi connectivity index (χ0n) is 51.1. The van der Waals surface area contributed by atoms with E-state index in [9.17, 15) is 0 Å². The number of aromatic nitrogens is 10. The van der Waals surface area contributed by atoms with Gasteiger partial charge in [-0.15, -0.1) is 0 Å². The van der Waals surface area contributed by atoms with Gasteiger partial charge in [0.25, 0.3) is 0 Å². The smallest absolute Gasteiger partial charge is 0.309 e. The lowest BCUT2D eigenvalue weighted by Crippen LogP contribution is -2.07. The van der Waals surface area contributed by atoms with Gasteiger partial charge in [0.1, 0.15) is 0 Å². The molecular formula is C83H51F3N10. The highest BCUT2D eigenvalue weighted by Crippen LogP contribution is 2.46. The molecule has 5 heterocycles. The van der Waals surface area contributed by atoms with Crippen LogP contribution in [0, 0.1) is 0 Å². The van der Waals surface area contributed by atoms with Gasteiger partial charge in [-0.1, -0.05) is 224 Å². The standard InChI is InChI=1S/C83H51F3N10/c84-83(85,86)60-41-46-75(96-72-38-22-20-36-64(72)67-48-59(40-45-74(67)96)82-93-79(56-31-15-5-16-32-56)90-80(94-82)57-33-17-6-18-34-57)68(49-60)65-50-61(42-43-62(65)70-51-69(52-23-7-1-8-24-52)87-76(88-70)53-25-9-2-10-26-53)95-71-37-21-19-35-63(71)66-47-58(39-44-73(66)95)81-91-77(54-27-11-3-12-28-54)89-78(92-81)55-29-13-4-14-30-55/h1-51H. The molecule has 0 unspecified atom stereocenters. The highest BCUT2D eigenvalue weighted by molar-refractivity contribution is 6.12. The van der Waals surface area contributed by atoms with Crippen LogP contribution in [0.2, 0.25) is 0 Å². The van der Waals surface area contributed by atoms with Gasteiger partial charge in [-0.3, -0.25) is 0 Å². The summed E-state index contributed by atoms with van der Waals surface area (Å²) in [5.41, 5.74) is 12.7. The van der Waals surface area contributed by atoms with Crippen LogP contribution in [-0.4, -0.2) is 49.0 Å². The summed E-state index contributed by atoms with van der Waals surface area (Å²) in [5.74, 6) is 3.54. The predicted molar refractivity (Wildman–Crippen MR) is 377 cm³/mol. The molecule has 0 bridgehead atoms. The summed E-state index contributed by atoms with van der Waals surface area (Å²) in [6.45, 7) is 0. The van der Waals surface area contributed by atoms with Crippen LogP contribution < -0.4 is 0 Å². The second-order valence-electron chi connectivity index (χ2n) is 23.4. The Morgan fingerprint density at radius 1 is 0.229 bits per heavy atom. The minimum absolute atomic E-state index is 0.313. The first-order chi connectivity index (χ1) is 47.2. The fourth-order valence-corrected chi connectivity index (χ4v) is 12.9. The number of hydrogen-bond acceptors (Lipinski definition) is 8. The molecule has 96 heavy (non-hydrogen) atoms. The second-order valence-corrected chi connectivity index (χ2v) is 23.4. The first-order valence-corrected chi connectivity index (χ1v) is 31.4. The number of para-hydroxylation sites is 2. The quantitative estimate of drug-likeness (QED) is 0.119. The number of hydrogen-bond donors (Lipinski definition) is 0. The summed E-state index contributed by atoms with van der Waals surface area (Å²) in [4.78, 5) is 40.8. The Morgan fingerprint density at radius 2 is 0.594 bits per heavy atom. The van der Waals surface area contributed by atoms with Crippen LogP contribution in [0.25, 0.3) is 168 Å². The lowest BCUT2D eigenvalue weighted by Gasteiger charge is -2.21. The number of halogens is 3. The van der Waals surface area contributed by atoms with Crippen molar-refractivity contribution in [1.82, 2.24) is 49.0 Å². The van der Waals surface area contributed by atoms with Gasteiger partial charge in [0.2, 0.25) is 0 Å². The van der Waals surface area contributed by atoms with Crippen molar-refractivity contribution in [2.45, 2.75) is 6.18 Å². The summed E-state index contributed by atoms with van der Waals surface area (Å²) < 4.78 is 51.7.